The molecule has 0 radical (unpaired) electrons. The predicted octanol–water partition coefficient (Wildman–Crippen LogP) is 4.05. The molecule has 0 bridgehead atoms. The van der Waals surface area contributed by atoms with Crippen LogP contribution in [0.2, 0.25) is 0 Å². The highest BCUT2D eigenvalue weighted by Gasteiger charge is 2.31. The zero-order chi connectivity index (χ0) is 21.2. The largest absolute Gasteiger partial charge is 0.474 e. The minimum Gasteiger partial charge on any atom is -0.474 e. The van der Waals surface area contributed by atoms with Crippen LogP contribution in [0.15, 0.2) is 41.4 Å². The van der Waals surface area contributed by atoms with Gasteiger partial charge in [0.05, 0.1) is 5.56 Å². The van der Waals surface area contributed by atoms with Gasteiger partial charge >= 0.3 is 6.18 Å². The molecule has 1 saturated carbocycles. The van der Waals surface area contributed by atoms with Crippen molar-refractivity contribution in [3.8, 4) is 5.88 Å². The first-order valence-corrected chi connectivity index (χ1v) is 10.2. The summed E-state index contributed by atoms with van der Waals surface area (Å²) in [5.74, 6) is -1.87. The lowest BCUT2D eigenvalue weighted by atomic mass is 9.94. The zero-order valence-electron chi connectivity index (χ0n) is 14.9. The average Bonchev–Trinajstić information content (AvgIpc) is 2.65. The van der Waals surface area contributed by atoms with Crippen molar-refractivity contribution in [3.05, 3.63) is 53.7 Å². The Labute approximate surface area is 164 Å². The molecule has 29 heavy (non-hydrogen) atoms. The molecule has 2 aromatic rings. The molecule has 1 aliphatic rings. The molecular formula is C18H17F5N2O3S. The fraction of sp³-hybridized carbons (Fsp3) is 0.389. The highest BCUT2D eigenvalue weighted by atomic mass is 32.2. The summed E-state index contributed by atoms with van der Waals surface area (Å²) >= 11 is 0. The van der Waals surface area contributed by atoms with Crippen LogP contribution in [0, 0.1) is 11.6 Å². The maximum Gasteiger partial charge on any atom is 0.417 e. The van der Waals surface area contributed by atoms with Crippen molar-refractivity contribution in [2.75, 3.05) is 0 Å². The third-order valence-corrected chi connectivity index (χ3v) is 6.07. The molecule has 158 valence electrons. The van der Waals surface area contributed by atoms with Crippen LogP contribution in [0.3, 0.4) is 0 Å². The number of sulfonamides is 1. The first kappa shape index (κ1) is 21.4. The molecule has 5 nitrogen and oxygen atoms in total. The second kappa shape index (κ2) is 8.23. The second-order valence-electron chi connectivity index (χ2n) is 6.67. The number of hydrogen-bond acceptors (Lipinski definition) is 4. The van der Waals surface area contributed by atoms with Gasteiger partial charge in [0.2, 0.25) is 15.9 Å². The maximum atomic E-state index is 13.7. The molecule has 1 aromatic heterocycles. The number of pyridine rings is 1. The highest BCUT2D eigenvalue weighted by Crippen LogP contribution is 2.30. The molecular weight excluding hydrogens is 419 g/mol. The van der Waals surface area contributed by atoms with Gasteiger partial charge in [0.1, 0.15) is 22.6 Å². The van der Waals surface area contributed by atoms with E-state index in [4.69, 9.17) is 4.74 Å². The normalized spacial score (nSPS) is 20.4. The summed E-state index contributed by atoms with van der Waals surface area (Å²) in [7, 11) is -4.23. The minimum atomic E-state index is -4.48. The Morgan fingerprint density at radius 2 is 1.72 bits per heavy atom. The number of nitrogens with one attached hydrogen (secondary N) is 1. The summed E-state index contributed by atoms with van der Waals surface area (Å²) in [4.78, 5) is 2.88. The number of benzene rings is 1. The monoisotopic (exact) mass is 436 g/mol. The SMILES string of the molecule is O=S(=O)(NC1CCC(Oc2ccc(C(F)(F)F)cn2)CC1)c1cc(F)ccc1F. The Morgan fingerprint density at radius 3 is 2.31 bits per heavy atom. The second-order valence-corrected chi connectivity index (χ2v) is 8.35. The quantitative estimate of drug-likeness (QED) is 0.719. The van der Waals surface area contributed by atoms with Crippen LogP contribution in [0.4, 0.5) is 22.0 Å². The average molecular weight is 436 g/mol. The molecule has 0 unspecified atom stereocenters. The van der Waals surface area contributed by atoms with Crippen LogP contribution >= 0.6 is 0 Å². The molecule has 3 rings (SSSR count). The molecule has 1 aromatic carbocycles. The summed E-state index contributed by atoms with van der Waals surface area (Å²) in [6, 6.07) is 3.68. The molecule has 1 aliphatic carbocycles. The molecule has 0 atom stereocenters. The van der Waals surface area contributed by atoms with Gasteiger partial charge in [-0.3, -0.25) is 0 Å². The zero-order valence-corrected chi connectivity index (χ0v) is 15.7. The van der Waals surface area contributed by atoms with Crippen molar-refractivity contribution in [3.63, 3.8) is 0 Å². The molecule has 11 heteroatoms. The van der Waals surface area contributed by atoms with Gasteiger partial charge < -0.3 is 4.74 Å². The Bertz CT molecular complexity index is 956. The Balaban J connectivity index is 1.56. The van der Waals surface area contributed by atoms with Crippen LogP contribution in [-0.2, 0) is 16.2 Å². The van der Waals surface area contributed by atoms with E-state index in [0.717, 1.165) is 24.3 Å². The standard InChI is InChI=1S/C18H17F5N2O3S/c19-12-2-7-15(20)16(9-12)29(26,27)25-13-3-5-14(6-4-13)28-17-8-1-11(10-24-17)18(21,22)23/h1-2,7-10,13-14,25H,3-6H2. The predicted molar refractivity (Wildman–Crippen MR) is 92.6 cm³/mol. The van der Waals surface area contributed by atoms with Gasteiger partial charge in [-0.1, -0.05) is 0 Å². The molecule has 1 N–H and O–H groups in total. The van der Waals surface area contributed by atoms with Crippen LogP contribution < -0.4 is 9.46 Å². The van der Waals surface area contributed by atoms with Crippen LogP contribution in [0.25, 0.3) is 0 Å². The Morgan fingerprint density at radius 1 is 1.03 bits per heavy atom. The molecule has 1 fully saturated rings. The number of hydrogen-bond donors (Lipinski definition) is 1. The Kier molecular flexibility index (Phi) is 6.08. The van der Waals surface area contributed by atoms with Gasteiger partial charge in [0, 0.05) is 18.3 Å². The van der Waals surface area contributed by atoms with Gasteiger partial charge in [0.25, 0.3) is 0 Å². The van der Waals surface area contributed by atoms with Gasteiger partial charge in [-0.05, 0) is 49.9 Å². The number of halogens is 5. The van der Waals surface area contributed by atoms with Crippen molar-refractivity contribution in [1.29, 1.82) is 0 Å². The topological polar surface area (TPSA) is 68.3 Å². The highest BCUT2D eigenvalue weighted by molar-refractivity contribution is 7.89. The van der Waals surface area contributed by atoms with Crippen molar-refractivity contribution in [2.45, 2.75) is 48.9 Å². The van der Waals surface area contributed by atoms with E-state index >= 15 is 0 Å². The maximum absolute atomic E-state index is 13.7. The molecule has 0 spiro atoms. The van der Waals surface area contributed by atoms with E-state index in [-0.39, 0.29) is 12.0 Å². The summed E-state index contributed by atoms with van der Waals surface area (Å²) in [6.45, 7) is 0. The number of rotatable bonds is 5. The number of nitrogens with zero attached hydrogens (tertiary/aromatic N) is 1. The van der Waals surface area contributed by atoms with Crippen molar-refractivity contribution in [1.82, 2.24) is 9.71 Å². The number of ether oxygens (including phenoxy) is 1. The van der Waals surface area contributed by atoms with E-state index in [1.807, 2.05) is 0 Å². The first-order valence-electron chi connectivity index (χ1n) is 8.72. The van der Waals surface area contributed by atoms with E-state index in [1.54, 1.807) is 0 Å². The van der Waals surface area contributed by atoms with Gasteiger partial charge in [-0.2, -0.15) is 13.2 Å². The summed E-state index contributed by atoms with van der Waals surface area (Å²) in [6.07, 6.45) is -2.58. The molecule has 0 amide bonds. The molecule has 1 heterocycles. The summed E-state index contributed by atoms with van der Waals surface area (Å²) < 4.78 is 97.2. The van der Waals surface area contributed by atoms with Crippen molar-refractivity contribution in [2.24, 2.45) is 0 Å². The third kappa shape index (κ3) is 5.41. The summed E-state index contributed by atoms with van der Waals surface area (Å²) in [5.41, 5.74) is -0.882. The summed E-state index contributed by atoms with van der Waals surface area (Å²) in [5, 5.41) is 0. The lowest BCUT2D eigenvalue weighted by Gasteiger charge is -2.29. The minimum absolute atomic E-state index is 0.0452. The van der Waals surface area contributed by atoms with Crippen LogP contribution in [0.1, 0.15) is 31.2 Å². The number of alkyl halides is 3. The van der Waals surface area contributed by atoms with Gasteiger partial charge in [0.15, 0.2) is 0 Å². The van der Waals surface area contributed by atoms with Crippen molar-refractivity contribution < 1.29 is 35.1 Å². The van der Waals surface area contributed by atoms with Crippen LogP contribution in [-0.4, -0.2) is 25.5 Å². The smallest absolute Gasteiger partial charge is 0.417 e. The number of aromatic nitrogens is 1. The van der Waals surface area contributed by atoms with E-state index in [9.17, 15) is 30.4 Å². The fourth-order valence-electron chi connectivity index (χ4n) is 3.05. The van der Waals surface area contributed by atoms with E-state index < -0.39 is 44.3 Å². The van der Waals surface area contributed by atoms with Crippen LogP contribution in [0.5, 0.6) is 5.88 Å². The van der Waals surface area contributed by atoms with E-state index in [1.165, 1.54) is 0 Å². The first-order chi connectivity index (χ1) is 13.5. The Hall–Kier alpha value is -2.27. The third-order valence-electron chi connectivity index (χ3n) is 4.53. The lowest BCUT2D eigenvalue weighted by molar-refractivity contribution is -0.137. The van der Waals surface area contributed by atoms with Crippen molar-refractivity contribution >= 4 is 10.0 Å². The van der Waals surface area contributed by atoms with Gasteiger partial charge in [-0.15, -0.1) is 0 Å². The molecule has 0 saturated heterocycles. The molecule has 0 aliphatic heterocycles. The van der Waals surface area contributed by atoms with E-state index in [2.05, 4.69) is 9.71 Å². The van der Waals surface area contributed by atoms with Gasteiger partial charge in [-0.25, -0.2) is 26.9 Å². The fourth-order valence-corrected chi connectivity index (χ4v) is 4.45. The van der Waals surface area contributed by atoms with E-state index in [0.29, 0.717) is 37.9 Å². The lowest BCUT2D eigenvalue weighted by Crippen LogP contribution is -2.40.